The van der Waals surface area contributed by atoms with Gasteiger partial charge in [0.15, 0.2) is 0 Å². The van der Waals surface area contributed by atoms with Crippen LogP contribution >= 0.6 is 38.5 Å². The maximum absolute atomic E-state index is 12.4. The van der Waals surface area contributed by atoms with E-state index >= 15 is 0 Å². The lowest BCUT2D eigenvalue weighted by Gasteiger charge is -2.31. The number of methoxy groups -OCH3 is 3. The summed E-state index contributed by atoms with van der Waals surface area (Å²) >= 11 is 5.11. The first-order valence-electron chi connectivity index (χ1n) is 7.23. The van der Waals surface area contributed by atoms with Crippen LogP contribution in [0.5, 0.6) is 5.75 Å². The summed E-state index contributed by atoms with van der Waals surface area (Å²) in [5.74, 6) is -1.70. The van der Waals surface area contributed by atoms with Gasteiger partial charge in [0.1, 0.15) is 18.1 Å². The van der Waals surface area contributed by atoms with E-state index in [1.165, 1.54) is 12.0 Å². The molecule has 0 aromatic heterocycles. The summed E-state index contributed by atoms with van der Waals surface area (Å²) in [4.78, 5) is 36.8. The summed E-state index contributed by atoms with van der Waals surface area (Å²) in [6.45, 7) is -0.418. The van der Waals surface area contributed by atoms with Gasteiger partial charge in [0.25, 0.3) is 0 Å². The zero-order valence-electron chi connectivity index (χ0n) is 14.4. The largest absolute Gasteiger partial charge is 0.489 e. The Hall–Kier alpha value is -1.93. The minimum atomic E-state index is -0.856. The molecule has 0 bridgehead atoms. The Balaban J connectivity index is 2.84. The molecule has 0 fully saturated rings. The number of ether oxygens (including phenoxy) is 4. The summed E-state index contributed by atoms with van der Waals surface area (Å²) in [5, 5.41) is 11.8. The molecule has 0 aliphatic carbocycles. The highest BCUT2D eigenvalue weighted by molar-refractivity contribution is 14.1. The fraction of sp³-hybridized carbons (Fsp3) is 0.333. The molecule has 146 valence electrons. The third kappa shape index (κ3) is 4.01. The van der Waals surface area contributed by atoms with Crippen LogP contribution in [0.2, 0.25) is 0 Å². The molecule has 0 atom stereocenters. The van der Waals surface area contributed by atoms with Crippen molar-refractivity contribution in [2.75, 3.05) is 39.6 Å². The lowest BCUT2D eigenvalue weighted by atomic mass is 10.1. The van der Waals surface area contributed by atoms with E-state index in [9.17, 15) is 19.7 Å². The lowest BCUT2D eigenvalue weighted by Crippen LogP contribution is -2.39. The van der Waals surface area contributed by atoms with Crippen LogP contribution in [-0.4, -0.2) is 51.5 Å². The molecule has 2 rings (SSSR count). The molecular formula is C15H14BrIN2O8. The van der Waals surface area contributed by atoms with Crippen LogP contribution in [0.1, 0.15) is 0 Å². The Kier molecular flexibility index (Phi) is 7.00. The van der Waals surface area contributed by atoms with Gasteiger partial charge in [0, 0.05) is 3.57 Å². The monoisotopic (exact) mass is 556 g/mol. The molecular weight excluding hydrogens is 543 g/mol. The molecule has 0 N–H and O–H groups in total. The molecule has 1 aromatic carbocycles. The van der Waals surface area contributed by atoms with Gasteiger partial charge in [-0.15, -0.1) is 0 Å². The fourth-order valence-corrected chi connectivity index (χ4v) is 4.38. The van der Waals surface area contributed by atoms with Crippen LogP contribution in [0.3, 0.4) is 0 Å². The SMILES string of the molecule is COC(=O)C1=C(C(=O)OC)N(c2c(I)cc(Br)c(OC)c2[N+](=O)[O-])COC1. The van der Waals surface area contributed by atoms with E-state index in [4.69, 9.17) is 18.9 Å². The van der Waals surface area contributed by atoms with Crippen LogP contribution in [0.15, 0.2) is 21.8 Å². The van der Waals surface area contributed by atoms with E-state index in [0.717, 1.165) is 14.2 Å². The van der Waals surface area contributed by atoms with Crippen molar-refractivity contribution in [3.63, 3.8) is 0 Å². The highest BCUT2D eigenvalue weighted by Gasteiger charge is 2.38. The third-order valence-electron chi connectivity index (χ3n) is 3.63. The molecule has 27 heavy (non-hydrogen) atoms. The van der Waals surface area contributed by atoms with Crippen molar-refractivity contribution in [2.45, 2.75) is 0 Å². The van der Waals surface area contributed by atoms with E-state index in [1.54, 1.807) is 6.07 Å². The standard InChI is InChI=1S/C15H14BrIN2O8/c1-24-13-8(16)4-9(17)11(12(13)19(22)23)18-6-27-5-7(14(20)25-2)10(18)15(21)26-3/h4H,5-6H2,1-3H3. The molecule has 1 aliphatic rings. The van der Waals surface area contributed by atoms with Crippen molar-refractivity contribution in [3.05, 3.63) is 35.5 Å². The summed E-state index contributed by atoms with van der Waals surface area (Å²) in [7, 11) is 3.57. The molecule has 1 aromatic rings. The number of halogens is 2. The van der Waals surface area contributed by atoms with Gasteiger partial charge in [0.05, 0.1) is 42.9 Å². The molecule has 1 heterocycles. The summed E-state index contributed by atoms with van der Waals surface area (Å²) in [5.41, 5.74) is -0.668. The van der Waals surface area contributed by atoms with Gasteiger partial charge in [-0.3, -0.25) is 10.1 Å². The summed E-state index contributed by atoms with van der Waals surface area (Å²) < 4.78 is 20.8. The van der Waals surface area contributed by atoms with Crippen LogP contribution in [0.4, 0.5) is 11.4 Å². The highest BCUT2D eigenvalue weighted by atomic mass is 127. The molecule has 1 aliphatic heterocycles. The van der Waals surface area contributed by atoms with Crippen LogP contribution in [0.25, 0.3) is 0 Å². The smallest absolute Gasteiger partial charge is 0.355 e. The average molecular weight is 557 g/mol. The van der Waals surface area contributed by atoms with Gasteiger partial charge >= 0.3 is 17.6 Å². The maximum atomic E-state index is 12.4. The molecule has 12 heteroatoms. The van der Waals surface area contributed by atoms with Crippen molar-refractivity contribution < 1.29 is 33.5 Å². The van der Waals surface area contributed by atoms with E-state index in [-0.39, 0.29) is 36.0 Å². The van der Waals surface area contributed by atoms with Crippen molar-refractivity contribution in [1.29, 1.82) is 0 Å². The highest BCUT2D eigenvalue weighted by Crippen LogP contribution is 2.47. The Bertz CT molecular complexity index is 842. The topological polar surface area (TPSA) is 117 Å². The number of benzene rings is 1. The van der Waals surface area contributed by atoms with Gasteiger partial charge in [-0.2, -0.15) is 0 Å². The molecule has 0 unspecified atom stereocenters. The number of hydrogen-bond acceptors (Lipinski definition) is 9. The zero-order valence-corrected chi connectivity index (χ0v) is 18.2. The maximum Gasteiger partial charge on any atom is 0.355 e. The molecule has 0 spiro atoms. The molecule has 0 amide bonds. The van der Waals surface area contributed by atoms with Crippen molar-refractivity contribution in [2.24, 2.45) is 0 Å². The number of anilines is 1. The van der Waals surface area contributed by atoms with Gasteiger partial charge in [0.2, 0.25) is 5.75 Å². The molecule has 0 radical (unpaired) electrons. The number of rotatable bonds is 5. The Morgan fingerprint density at radius 1 is 1.30 bits per heavy atom. The second kappa shape index (κ2) is 8.84. The number of carbonyl (C=O) groups excluding carboxylic acids is 2. The molecule has 0 saturated heterocycles. The minimum absolute atomic E-state index is 0.0298. The number of esters is 2. The molecule has 0 saturated carbocycles. The third-order valence-corrected chi connectivity index (χ3v) is 5.04. The van der Waals surface area contributed by atoms with E-state index in [1.807, 2.05) is 22.6 Å². The minimum Gasteiger partial charge on any atom is -0.489 e. The van der Waals surface area contributed by atoms with Crippen LogP contribution in [-0.2, 0) is 23.8 Å². The Labute approximate surface area is 175 Å². The van der Waals surface area contributed by atoms with E-state index < -0.39 is 22.5 Å². The predicted molar refractivity (Wildman–Crippen MR) is 104 cm³/mol. The number of carbonyl (C=O) groups is 2. The van der Waals surface area contributed by atoms with Gasteiger partial charge in [-0.05, 0) is 44.6 Å². The van der Waals surface area contributed by atoms with Gasteiger partial charge in [-0.25, -0.2) is 9.59 Å². The number of hydrogen-bond donors (Lipinski definition) is 0. The zero-order chi connectivity index (χ0) is 20.3. The number of nitrogens with zero attached hydrogens (tertiary/aromatic N) is 2. The van der Waals surface area contributed by atoms with Crippen LogP contribution in [0, 0.1) is 13.7 Å². The van der Waals surface area contributed by atoms with Crippen molar-refractivity contribution >= 4 is 61.8 Å². The lowest BCUT2D eigenvalue weighted by molar-refractivity contribution is -0.385. The fourth-order valence-electron chi connectivity index (χ4n) is 2.52. The summed E-state index contributed by atoms with van der Waals surface area (Å²) in [6, 6.07) is 1.59. The van der Waals surface area contributed by atoms with E-state index in [0.29, 0.717) is 8.04 Å². The van der Waals surface area contributed by atoms with Crippen molar-refractivity contribution in [3.8, 4) is 5.75 Å². The van der Waals surface area contributed by atoms with E-state index in [2.05, 4.69) is 15.9 Å². The van der Waals surface area contributed by atoms with Gasteiger partial charge in [-0.1, -0.05) is 0 Å². The van der Waals surface area contributed by atoms with Gasteiger partial charge < -0.3 is 23.8 Å². The Morgan fingerprint density at radius 3 is 2.44 bits per heavy atom. The number of nitro benzene ring substituents is 1. The van der Waals surface area contributed by atoms with Crippen LogP contribution < -0.4 is 9.64 Å². The second-order valence-electron chi connectivity index (χ2n) is 5.04. The molecule has 10 nitrogen and oxygen atoms in total. The first kappa shape index (κ1) is 21.4. The normalized spacial score (nSPS) is 14.0. The first-order valence-corrected chi connectivity index (χ1v) is 9.11. The van der Waals surface area contributed by atoms with Crippen molar-refractivity contribution in [1.82, 2.24) is 0 Å². The first-order chi connectivity index (χ1) is 12.8. The predicted octanol–water partition coefficient (Wildman–Crippen LogP) is 2.36. The second-order valence-corrected chi connectivity index (χ2v) is 7.06. The quantitative estimate of drug-likeness (QED) is 0.233. The Morgan fingerprint density at radius 2 is 1.93 bits per heavy atom. The summed E-state index contributed by atoms with van der Waals surface area (Å²) in [6.07, 6.45) is 0. The number of nitro groups is 1. The average Bonchev–Trinajstić information content (AvgIpc) is 2.65.